The number of aromatic nitrogens is 2. The number of nitrogens with zero attached hydrogens (tertiary/aromatic N) is 2. The van der Waals surface area contributed by atoms with Crippen LogP contribution in [-0.4, -0.2) is 30.4 Å². The minimum Gasteiger partial charge on any atom is -0.362 e. The van der Waals surface area contributed by atoms with E-state index in [9.17, 15) is 8.42 Å². The molecule has 0 saturated heterocycles. The highest BCUT2D eigenvalue weighted by molar-refractivity contribution is 7.92. The van der Waals surface area contributed by atoms with E-state index in [-0.39, 0.29) is 27.1 Å². The van der Waals surface area contributed by atoms with Crippen molar-refractivity contribution >= 4 is 44.6 Å². The lowest BCUT2D eigenvalue weighted by molar-refractivity contribution is 0.129. The fraction of sp³-hybridized carbons (Fsp3) is 0.500. The second-order valence-corrected chi connectivity index (χ2v) is 6.19. The van der Waals surface area contributed by atoms with E-state index in [2.05, 4.69) is 9.97 Å². The van der Waals surface area contributed by atoms with Crippen LogP contribution in [0.4, 0.5) is 0 Å². The van der Waals surface area contributed by atoms with Crippen LogP contribution in [0.1, 0.15) is 13.8 Å². The minimum atomic E-state index is -3.85. The van der Waals surface area contributed by atoms with Crippen LogP contribution in [0.15, 0.2) is 4.90 Å². The first-order chi connectivity index (χ1) is 7.80. The molecule has 0 aromatic carbocycles. The zero-order valence-electron chi connectivity index (χ0n) is 8.95. The van der Waals surface area contributed by atoms with Crippen molar-refractivity contribution in [2.75, 3.05) is 6.61 Å². The third-order valence-corrected chi connectivity index (χ3v) is 4.78. The molecule has 0 amide bonds. The standard InChI is InChI=1S/C8H9Cl3N2O3S/c1-3-16-4(2)17(14,15)5-6(9)12-8(11)13-7(5)10/h4H,3H2,1-2H3. The molecule has 96 valence electrons. The van der Waals surface area contributed by atoms with Gasteiger partial charge in [-0.05, 0) is 25.4 Å². The molecule has 5 nitrogen and oxygen atoms in total. The van der Waals surface area contributed by atoms with Gasteiger partial charge < -0.3 is 4.74 Å². The van der Waals surface area contributed by atoms with Crippen molar-refractivity contribution in [2.45, 2.75) is 24.2 Å². The Balaban J connectivity index is 3.34. The quantitative estimate of drug-likeness (QED) is 0.630. The van der Waals surface area contributed by atoms with Crippen LogP contribution < -0.4 is 0 Å². The monoisotopic (exact) mass is 318 g/mol. The number of hydrogen-bond donors (Lipinski definition) is 0. The van der Waals surface area contributed by atoms with Gasteiger partial charge in [-0.2, -0.15) is 0 Å². The van der Waals surface area contributed by atoms with Gasteiger partial charge in [-0.1, -0.05) is 23.2 Å². The minimum absolute atomic E-state index is 0.219. The molecule has 1 heterocycles. The molecule has 0 aliphatic carbocycles. The summed E-state index contributed by atoms with van der Waals surface area (Å²) in [6.07, 6.45) is 0. The molecular weight excluding hydrogens is 311 g/mol. The fourth-order valence-electron chi connectivity index (χ4n) is 1.10. The maximum absolute atomic E-state index is 12.1. The predicted molar refractivity (Wildman–Crippen MR) is 65.3 cm³/mol. The Morgan fingerprint density at radius 2 is 1.71 bits per heavy atom. The van der Waals surface area contributed by atoms with Crippen LogP contribution in [0.25, 0.3) is 0 Å². The molecule has 0 aliphatic heterocycles. The average Bonchev–Trinajstić information content (AvgIpc) is 2.15. The summed E-state index contributed by atoms with van der Waals surface area (Å²) in [6, 6.07) is 0. The SMILES string of the molecule is CCOC(C)S(=O)(=O)c1c(Cl)nc(Cl)nc1Cl. The van der Waals surface area contributed by atoms with E-state index in [4.69, 9.17) is 39.5 Å². The summed E-state index contributed by atoms with van der Waals surface area (Å²) in [5.74, 6) is 0. The van der Waals surface area contributed by atoms with Gasteiger partial charge in [-0.3, -0.25) is 0 Å². The lowest BCUT2D eigenvalue weighted by Crippen LogP contribution is -2.22. The molecule has 0 radical (unpaired) electrons. The van der Waals surface area contributed by atoms with E-state index in [1.807, 2.05) is 0 Å². The van der Waals surface area contributed by atoms with Crippen molar-refractivity contribution in [3.8, 4) is 0 Å². The first kappa shape index (κ1) is 14.9. The van der Waals surface area contributed by atoms with Gasteiger partial charge in [0.05, 0.1) is 0 Å². The summed E-state index contributed by atoms with van der Waals surface area (Å²) in [7, 11) is -3.85. The van der Waals surface area contributed by atoms with Gasteiger partial charge in [0, 0.05) is 6.61 Å². The van der Waals surface area contributed by atoms with E-state index >= 15 is 0 Å². The molecule has 0 aliphatic rings. The van der Waals surface area contributed by atoms with Gasteiger partial charge in [-0.15, -0.1) is 0 Å². The largest absolute Gasteiger partial charge is 0.362 e. The van der Waals surface area contributed by atoms with Crippen LogP contribution >= 0.6 is 34.8 Å². The van der Waals surface area contributed by atoms with Crippen molar-refractivity contribution < 1.29 is 13.2 Å². The molecule has 1 unspecified atom stereocenters. The summed E-state index contributed by atoms with van der Waals surface area (Å²) in [6.45, 7) is 3.29. The Morgan fingerprint density at radius 1 is 1.24 bits per heavy atom. The maximum Gasteiger partial charge on any atom is 0.225 e. The van der Waals surface area contributed by atoms with Gasteiger partial charge in [0.25, 0.3) is 0 Å². The number of sulfone groups is 1. The molecule has 1 aromatic heterocycles. The summed E-state index contributed by atoms with van der Waals surface area (Å²) in [4.78, 5) is 6.72. The van der Waals surface area contributed by atoms with Crippen molar-refractivity contribution in [1.29, 1.82) is 0 Å². The molecular formula is C8H9Cl3N2O3S. The first-order valence-corrected chi connectivity index (χ1v) is 7.22. The molecule has 1 rings (SSSR count). The van der Waals surface area contributed by atoms with Crippen molar-refractivity contribution in [2.24, 2.45) is 0 Å². The molecule has 1 atom stereocenters. The second kappa shape index (κ2) is 5.67. The zero-order valence-corrected chi connectivity index (χ0v) is 12.0. The Bertz CT molecular complexity index is 498. The van der Waals surface area contributed by atoms with Gasteiger partial charge in [0.1, 0.15) is 4.90 Å². The Kier molecular flexibility index (Phi) is 4.97. The van der Waals surface area contributed by atoms with E-state index < -0.39 is 15.3 Å². The highest BCUT2D eigenvalue weighted by Gasteiger charge is 2.30. The second-order valence-electron chi connectivity index (χ2n) is 2.97. The highest BCUT2D eigenvalue weighted by Crippen LogP contribution is 2.30. The molecule has 0 fully saturated rings. The summed E-state index contributed by atoms with van der Waals surface area (Å²) in [5, 5.41) is -0.855. The van der Waals surface area contributed by atoms with Crippen LogP contribution in [-0.2, 0) is 14.6 Å². The molecule has 17 heavy (non-hydrogen) atoms. The van der Waals surface area contributed by atoms with E-state index in [0.717, 1.165) is 0 Å². The van der Waals surface area contributed by atoms with Gasteiger partial charge >= 0.3 is 0 Å². The Hall–Kier alpha value is -0.140. The normalized spacial score (nSPS) is 13.7. The molecule has 0 bridgehead atoms. The topological polar surface area (TPSA) is 69.2 Å². The van der Waals surface area contributed by atoms with Crippen molar-refractivity contribution in [3.05, 3.63) is 15.6 Å². The predicted octanol–water partition coefficient (Wildman–Crippen LogP) is 2.59. The smallest absolute Gasteiger partial charge is 0.225 e. The highest BCUT2D eigenvalue weighted by atomic mass is 35.5. The van der Waals surface area contributed by atoms with E-state index in [1.165, 1.54) is 6.92 Å². The molecule has 9 heteroatoms. The lowest BCUT2D eigenvalue weighted by atomic mass is 10.7. The van der Waals surface area contributed by atoms with Crippen LogP contribution in [0, 0.1) is 0 Å². The van der Waals surface area contributed by atoms with Crippen LogP contribution in [0.2, 0.25) is 15.6 Å². The number of rotatable bonds is 4. The van der Waals surface area contributed by atoms with Crippen molar-refractivity contribution in [3.63, 3.8) is 0 Å². The van der Waals surface area contributed by atoms with Crippen LogP contribution in [0.5, 0.6) is 0 Å². The fourth-order valence-corrected chi connectivity index (χ4v) is 3.59. The molecule has 0 spiro atoms. The molecule has 0 saturated carbocycles. The van der Waals surface area contributed by atoms with Gasteiger partial charge in [0.15, 0.2) is 15.7 Å². The van der Waals surface area contributed by atoms with Gasteiger partial charge in [0.2, 0.25) is 15.1 Å². The van der Waals surface area contributed by atoms with Crippen molar-refractivity contribution in [1.82, 2.24) is 9.97 Å². The molecule has 0 N–H and O–H groups in total. The average molecular weight is 320 g/mol. The van der Waals surface area contributed by atoms with E-state index in [0.29, 0.717) is 0 Å². The summed E-state index contributed by atoms with van der Waals surface area (Å²) >= 11 is 16.9. The lowest BCUT2D eigenvalue weighted by Gasteiger charge is -2.14. The Labute approximate surface area is 114 Å². The third kappa shape index (κ3) is 3.20. The van der Waals surface area contributed by atoms with E-state index in [1.54, 1.807) is 6.92 Å². The van der Waals surface area contributed by atoms with Gasteiger partial charge in [-0.25, -0.2) is 18.4 Å². The maximum atomic E-state index is 12.1. The van der Waals surface area contributed by atoms with Crippen LogP contribution in [0.3, 0.4) is 0 Å². The zero-order chi connectivity index (χ0) is 13.2. The number of halogens is 3. The number of hydrogen-bond acceptors (Lipinski definition) is 5. The molecule has 1 aromatic rings. The summed E-state index contributed by atoms with van der Waals surface area (Å²) in [5.41, 5.74) is -1.09. The third-order valence-electron chi connectivity index (χ3n) is 1.88. The summed E-state index contributed by atoms with van der Waals surface area (Å²) < 4.78 is 29.1. The number of ether oxygens (including phenoxy) is 1. The Morgan fingerprint density at radius 3 is 2.12 bits per heavy atom. The first-order valence-electron chi connectivity index (χ1n) is 4.54.